The van der Waals surface area contributed by atoms with Gasteiger partial charge in [0.1, 0.15) is 34.4 Å². The van der Waals surface area contributed by atoms with Crippen LogP contribution < -0.4 is 20.1 Å². The van der Waals surface area contributed by atoms with Gasteiger partial charge >= 0.3 is 6.01 Å². The van der Waals surface area contributed by atoms with E-state index in [1.807, 2.05) is 4.90 Å². The number of hydrogen-bond donors (Lipinski definition) is 2. The van der Waals surface area contributed by atoms with Crippen molar-refractivity contribution in [1.29, 1.82) is 5.41 Å². The van der Waals surface area contributed by atoms with E-state index in [9.17, 15) is 9.18 Å². The van der Waals surface area contributed by atoms with Crippen LogP contribution in [0.5, 0.6) is 17.6 Å². The second kappa shape index (κ2) is 13.4. The van der Waals surface area contributed by atoms with Gasteiger partial charge < -0.3 is 35.2 Å². The number of rotatable bonds is 10. The molecule has 0 aliphatic carbocycles. The molecule has 1 aromatic carbocycles. The summed E-state index contributed by atoms with van der Waals surface area (Å²) in [5, 5.41) is 8.03. The fourth-order valence-electron chi connectivity index (χ4n) is 5.31. The predicted octanol–water partition coefficient (Wildman–Crippen LogP) is 3.13. The number of pyridine rings is 1. The third-order valence-corrected chi connectivity index (χ3v) is 7.97. The van der Waals surface area contributed by atoms with Gasteiger partial charge in [-0.15, -0.1) is 12.3 Å². The maximum atomic E-state index is 14.6. The molecule has 0 spiro atoms. The number of terminal acetylenes is 1. The molecule has 44 heavy (non-hydrogen) atoms. The number of carbonyl (C=O) groups excluding carboxylic acids is 1. The standard InChI is InChI=1S/C30H32ClFN8O4/c1-4-6-9-38-16-22(42-3)23(17-38)43-30-36-26-18(28(37-30)40-12-10-39(11-13-40)24(41)5-2)7-8-35-29(26)44-27-19(15-33)21(34)14-20(32)25(27)31/h1,5,7-8,14-15,22-23,33H,2,6,9-13,16-17,34H2,3H3/t22-,23-/m1/s1. The molecule has 4 heterocycles. The zero-order valence-electron chi connectivity index (χ0n) is 24.1. The van der Waals surface area contributed by atoms with Crippen LogP contribution in [-0.4, -0.2) is 102 Å². The molecule has 0 radical (unpaired) electrons. The summed E-state index contributed by atoms with van der Waals surface area (Å²) in [5.41, 5.74) is 6.28. The number of anilines is 2. The summed E-state index contributed by atoms with van der Waals surface area (Å²) < 4.78 is 32.7. The molecule has 3 aromatic rings. The molecule has 2 aliphatic heterocycles. The second-order valence-electron chi connectivity index (χ2n) is 10.3. The van der Waals surface area contributed by atoms with Gasteiger partial charge in [-0.25, -0.2) is 9.37 Å². The van der Waals surface area contributed by atoms with Gasteiger partial charge in [-0.3, -0.25) is 9.69 Å². The highest BCUT2D eigenvalue weighted by Gasteiger charge is 2.35. The summed E-state index contributed by atoms with van der Waals surface area (Å²) in [5.74, 6) is 2.06. The predicted molar refractivity (Wildman–Crippen MR) is 165 cm³/mol. The molecule has 2 aliphatic rings. The first-order valence-corrected chi connectivity index (χ1v) is 14.3. The number of nitrogens with two attached hydrogens (primary N) is 1. The molecular weight excluding hydrogens is 591 g/mol. The van der Waals surface area contributed by atoms with Crippen molar-refractivity contribution in [2.75, 3.05) is 63.6 Å². The molecule has 14 heteroatoms. The van der Waals surface area contributed by atoms with Crippen molar-refractivity contribution < 1.29 is 23.4 Å². The highest BCUT2D eigenvalue weighted by atomic mass is 35.5. The number of amides is 1. The molecule has 1 amide bonds. The normalized spacial score (nSPS) is 18.7. The number of nitrogen functional groups attached to an aromatic ring is 1. The van der Waals surface area contributed by atoms with Crippen molar-refractivity contribution in [3.8, 4) is 30.0 Å². The van der Waals surface area contributed by atoms with Gasteiger partial charge in [-0.1, -0.05) is 18.2 Å². The number of likely N-dealkylation sites (tertiary alicyclic amines) is 1. The average molecular weight is 623 g/mol. The van der Waals surface area contributed by atoms with Crippen LogP contribution in [0.3, 0.4) is 0 Å². The maximum absolute atomic E-state index is 14.6. The number of nitrogens with zero attached hydrogens (tertiary/aromatic N) is 6. The number of methoxy groups -OCH3 is 1. The molecule has 0 bridgehead atoms. The van der Waals surface area contributed by atoms with Gasteiger partial charge in [0.05, 0.1) is 10.9 Å². The number of halogens is 2. The van der Waals surface area contributed by atoms with Crippen LogP contribution in [-0.2, 0) is 9.53 Å². The lowest BCUT2D eigenvalue weighted by atomic mass is 10.1. The molecule has 2 saturated heterocycles. The maximum Gasteiger partial charge on any atom is 0.319 e. The molecular formula is C30H32ClFN8O4. The first-order valence-electron chi connectivity index (χ1n) is 13.9. The minimum atomic E-state index is -0.808. The van der Waals surface area contributed by atoms with Gasteiger partial charge in [0.25, 0.3) is 0 Å². The number of benzene rings is 1. The number of nitrogens with one attached hydrogen (secondary N) is 1. The van der Waals surface area contributed by atoms with E-state index in [0.29, 0.717) is 63.4 Å². The topological polar surface area (TPSA) is 143 Å². The third kappa shape index (κ3) is 6.23. The first-order chi connectivity index (χ1) is 21.3. The van der Waals surface area contributed by atoms with Crippen LogP contribution in [0.25, 0.3) is 10.9 Å². The van der Waals surface area contributed by atoms with Gasteiger partial charge in [-0.2, -0.15) is 9.97 Å². The monoisotopic (exact) mass is 622 g/mol. The van der Waals surface area contributed by atoms with E-state index in [-0.39, 0.29) is 51.4 Å². The number of fused-ring (bicyclic) bond motifs is 1. The van der Waals surface area contributed by atoms with Crippen LogP contribution in [0.1, 0.15) is 12.0 Å². The number of aromatic nitrogens is 3. The molecule has 2 fully saturated rings. The van der Waals surface area contributed by atoms with E-state index in [0.717, 1.165) is 12.3 Å². The Bertz CT molecular complexity index is 1630. The summed E-state index contributed by atoms with van der Waals surface area (Å²) in [6.07, 6.45) is 9.14. The number of hydrogen-bond acceptors (Lipinski definition) is 11. The Labute approximate surface area is 259 Å². The summed E-state index contributed by atoms with van der Waals surface area (Å²) in [6.45, 7) is 7.35. The molecule has 2 atom stereocenters. The smallest absolute Gasteiger partial charge is 0.319 e. The molecule has 230 valence electrons. The Morgan fingerprint density at radius 3 is 2.73 bits per heavy atom. The average Bonchev–Trinajstić information content (AvgIpc) is 3.43. The Morgan fingerprint density at radius 2 is 2.05 bits per heavy atom. The highest BCUT2D eigenvalue weighted by Crippen LogP contribution is 2.40. The van der Waals surface area contributed by atoms with Crippen LogP contribution in [0.15, 0.2) is 31.0 Å². The van der Waals surface area contributed by atoms with E-state index < -0.39 is 11.9 Å². The number of carbonyl (C=O) groups is 1. The lowest BCUT2D eigenvalue weighted by molar-refractivity contribution is -0.126. The van der Waals surface area contributed by atoms with Crippen LogP contribution in [0.2, 0.25) is 5.02 Å². The SMILES string of the molecule is C#CCCN1C[C@@H](OC)[C@H](Oc2nc(N3CCN(C(=O)C=C)CC3)c3ccnc(Oc4c(Cl)c(F)cc(N)c4C=N)c3n2)C1. The van der Waals surface area contributed by atoms with Crippen molar-refractivity contribution in [2.24, 2.45) is 0 Å². The summed E-state index contributed by atoms with van der Waals surface area (Å²) in [6, 6.07) is 2.81. The van der Waals surface area contributed by atoms with Crippen molar-refractivity contribution in [3.05, 3.63) is 47.4 Å². The van der Waals surface area contributed by atoms with Gasteiger partial charge in [0.2, 0.25) is 11.8 Å². The van der Waals surface area contributed by atoms with Crippen LogP contribution in [0.4, 0.5) is 15.9 Å². The third-order valence-electron chi connectivity index (χ3n) is 7.62. The zero-order chi connectivity index (χ0) is 31.4. The fraction of sp³-hybridized carbons (Fsp3) is 0.367. The van der Waals surface area contributed by atoms with Gasteiger partial charge in [0, 0.05) is 77.4 Å². The minimum Gasteiger partial charge on any atom is -0.456 e. The highest BCUT2D eigenvalue weighted by molar-refractivity contribution is 6.33. The van der Waals surface area contributed by atoms with Crippen LogP contribution in [0, 0.1) is 23.6 Å². The van der Waals surface area contributed by atoms with E-state index in [1.165, 1.54) is 12.3 Å². The van der Waals surface area contributed by atoms with E-state index in [2.05, 4.69) is 27.4 Å². The molecule has 0 unspecified atom stereocenters. The largest absolute Gasteiger partial charge is 0.456 e. The number of piperazine rings is 1. The summed E-state index contributed by atoms with van der Waals surface area (Å²) >= 11 is 6.26. The first kappa shape index (κ1) is 30.9. The van der Waals surface area contributed by atoms with E-state index in [4.69, 9.17) is 48.4 Å². The molecule has 12 nitrogen and oxygen atoms in total. The zero-order valence-corrected chi connectivity index (χ0v) is 24.9. The van der Waals surface area contributed by atoms with Crippen LogP contribution >= 0.6 is 11.6 Å². The Morgan fingerprint density at radius 1 is 1.30 bits per heavy atom. The lowest BCUT2D eigenvalue weighted by Gasteiger charge is -2.35. The van der Waals surface area contributed by atoms with E-state index in [1.54, 1.807) is 18.1 Å². The van der Waals surface area contributed by atoms with Crippen molar-refractivity contribution in [1.82, 2.24) is 24.8 Å². The summed E-state index contributed by atoms with van der Waals surface area (Å²) in [7, 11) is 1.62. The molecule has 5 rings (SSSR count). The fourth-order valence-corrected chi connectivity index (χ4v) is 5.51. The number of ether oxygens (including phenoxy) is 3. The van der Waals surface area contributed by atoms with Gasteiger partial charge in [-0.05, 0) is 18.2 Å². The Kier molecular flexibility index (Phi) is 9.43. The van der Waals surface area contributed by atoms with Crippen molar-refractivity contribution >= 4 is 46.1 Å². The molecule has 3 N–H and O–H groups in total. The Hall–Kier alpha value is -4.51. The van der Waals surface area contributed by atoms with Gasteiger partial charge in [0.15, 0.2) is 5.75 Å². The van der Waals surface area contributed by atoms with E-state index >= 15 is 0 Å². The second-order valence-corrected chi connectivity index (χ2v) is 10.6. The molecule has 2 aromatic heterocycles. The molecule has 0 saturated carbocycles. The lowest BCUT2D eigenvalue weighted by Crippen LogP contribution is -2.48. The van der Waals surface area contributed by atoms with Crippen molar-refractivity contribution in [2.45, 2.75) is 18.6 Å². The minimum absolute atomic E-state index is 0.0168. The summed E-state index contributed by atoms with van der Waals surface area (Å²) in [4.78, 5) is 31.9. The quantitative estimate of drug-likeness (QED) is 0.150. The van der Waals surface area contributed by atoms with Crippen molar-refractivity contribution in [3.63, 3.8) is 0 Å². The Balaban J connectivity index is 1.57.